The molecular formula is C16H21NO4. The second-order valence-electron chi connectivity index (χ2n) is 5.10. The number of carboxylic acid groups (broad SMARTS) is 1. The fourth-order valence-corrected chi connectivity index (χ4v) is 2.26. The molecule has 0 saturated carbocycles. The standard InChI is InChI=1S/C16H21NO4/c18-8-4-2-1-3-7-17-11-12-5-6-14-13(9-12)10-15(21-14)16(19)20/h5-6,9-10,17-18H,1-4,7-8,11H2,(H,19,20). The van der Waals surface area contributed by atoms with Crippen LogP contribution in [-0.2, 0) is 6.54 Å². The summed E-state index contributed by atoms with van der Waals surface area (Å²) in [4.78, 5) is 10.9. The molecule has 0 aliphatic carbocycles. The highest BCUT2D eigenvalue weighted by molar-refractivity contribution is 5.91. The van der Waals surface area contributed by atoms with Crippen LogP contribution in [0.2, 0.25) is 0 Å². The van der Waals surface area contributed by atoms with Crippen LogP contribution in [0.1, 0.15) is 41.8 Å². The number of unbranched alkanes of at least 4 members (excludes halogenated alkanes) is 3. The van der Waals surface area contributed by atoms with Gasteiger partial charge in [0.15, 0.2) is 0 Å². The lowest BCUT2D eigenvalue weighted by Crippen LogP contribution is -2.14. The summed E-state index contributed by atoms with van der Waals surface area (Å²) in [5.74, 6) is -1.08. The Labute approximate surface area is 123 Å². The van der Waals surface area contributed by atoms with Gasteiger partial charge in [0.2, 0.25) is 5.76 Å². The van der Waals surface area contributed by atoms with E-state index in [1.54, 1.807) is 12.1 Å². The summed E-state index contributed by atoms with van der Waals surface area (Å²) in [7, 11) is 0. The fraction of sp³-hybridized carbons (Fsp3) is 0.438. The largest absolute Gasteiger partial charge is 0.475 e. The van der Waals surface area contributed by atoms with Crippen molar-refractivity contribution in [1.29, 1.82) is 0 Å². The maximum Gasteiger partial charge on any atom is 0.371 e. The number of fused-ring (bicyclic) bond motifs is 1. The van der Waals surface area contributed by atoms with Crippen molar-refractivity contribution in [3.05, 3.63) is 35.6 Å². The second-order valence-corrected chi connectivity index (χ2v) is 5.10. The average molecular weight is 291 g/mol. The molecule has 0 bridgehead atoms. The van der Waals surface area contributed by atoms with Gasteiger partial charge in [-0.3, -0.25) is 0 Å². The molecule has 0 aliphatic heterocycles. The van der Waals surface area contributed by atoms with E-state index in [0.29, 0.717) is 5.58 Å². The fourth-order valence-electron chi connectivity index (χ4n) is 2.26. The van der Waals surface area contributed by atoms with E-state index in [2.05, 4.69) is 5.32 Å². The van der Waals surface area contributed by atoms with Crippen molar-refractivity contribution in [2.24, 2.45) is 0 Å². The minimum absolute atomic E-state index is 0.0287. The summed E-state index contributed by atoms with van der Waals surface area (Å²) < 4.78 is 5.22. The Bertz CT molecular complexity index is 591. The summed E-state index contributed by atoms with van der Waals surface area (Å²) in [6, 6.07) is 7.25. The molecule has 1 aromatic heterocycles. The highest BCUT2D eigenvalue weighted by Gasteiger charge is 2.10. The van der Waals surface area contributed by atoms with Gasteiger partial charge in [-0.15, -0.1) is 0 Å². The lowest BCUT2D eigenvalue weighted by atomic mass is 10.1. The zero-order chi connectivity index (χ0) is 15.1. The van der Waals surface area contributed by atoms with E-state index in [-0.39, 0.29) is 12.4 Å². The second kappa shape index (κ2) is 7.81. The Morgan fingerprint density at radius 3 is 2.71 bits per heavy atom. The minimum Gasteiger partial charge on any atom is -0.475 e. The quantitative estimate of drug-likeness (QED) is 0.619. The van der Waals surface area contributed by atoms with E-state index in [4.69, 9.17) is 14.6 Å². The van der Waals surface area contributed by atoms with E-state index in [0.717, 1.165) is 49.7 Å². The predicted octanol–water partition coefficient (Wildman–Crippen LogP) is 2.77. The van der Waals surface area contributed by atoms with Gasteiger partial charge in [0.1, 0.15) is 5.58 Å². The summed E-state index contributed by atoms with van der Waals surface area (Å²) >= 11 is 0. The third kappa shape index (κ3) is 4.58. The number of carbonyl (C=O) groups is 1. The van der Waals surface area contributed by atoms with Gasteiger partial charge in [0.25, 0.3) is 0 Å². The Morgan fingerprint density at radius 1 is 1.14 bits per heavy atom. The molecule has 2 rings (SSSR count). The maximum absolute atomic E-state index is 10.9. The molecule has 0 unspecified atom stereocenters. The van der Waals surface area contributed by atoms with Crippen molar-refractivity contribution in [3.8, 4) is 0 Å². The van der Waals surface area contributed by atoms with Gasteiger partial charge in [-0.25, -0.2) is 4.79 Å². The third-order valence-electron chi connectivity index (χ3n) is 3.38. The van der Waals surface area contributed by atoms with Crippen molar-refractivity contribution in [3.63, 3.8) is 0 Å². The van der Waals surface area contributed by atoms with Crippen LogP contribution in [0.5, 0.6) is 0 Å². The van der Waals surface area contributed by atoms with Gasteiger partial charge >= 0.3 is 5.97 Å². The van der Waals surface area contributed by atoms with Crippen molar-refractivity contribution >= 4 is 16.9 Å². The van der Waals surface area contributed by atoms with Crippen LogP contribution < -0.4 is 5.32 Å². The molecule has 3 N–H and O–H groups in total. The van der Waals surface area contributed by atoms with E-state index >= 15 is 0 Å². The number of furan rings is 1. The van der Waals surface area contributed by atoms with Gasteiger partial charge in [0, 0.05) is 18.5 Å². The van der Waals surface area contributed by atoms with Crippen LogP contribution in [0.15, 0.2) is 28.7 Å². The van der Waals surface area contributed by atoms with E-state index in [1.165, 1.54) is 0 Å². The monoisotopic (exact) mass is 291 g/mol. The number of aromatic carboxylic acids is 1. The first-order valence-corrected chi connectivity index (χ1v) is 7.28. The lowest BCUT2D eigenvalue weighted by Gasteiger charge is -2.05. The first-order chi connectivity index (χ1) is 10.2. The number of aliphatic hydroxyl groups is 1. The van der Waals surface area contributed by atoms with Crippen LogP contribution in [0, 0.1) is 0 Å². The van der Waals surface area contributed by atoms with E-state index in [1.807, 2.05) is 12.1 Å². The molecule has 114 valence electrons. The number of rotatable bonds is 9. The zero-order valence-electron chi connectivity index (χ0n) is 12.0. The minimum atomic E-state index is -1.05. The van der Waals surface area contributed by atoms with Gasteiger partial charge in [-0.1, -0.05) is 18.9 Å². The normalized spacial score (nSPS) is 11.1. The number of nitrogens with one attached hydrogen (secondary N) is 1. The zero-order valence-corrected chi connectivity index (χ0v) is 12.0. The molecule has 0 spiro atoms. The molecule has 0 fully saturated rings. The Morgan fingerprint density at radius 2 is 1.95 bits per heavy atom. The van der Waals surface area contributed by atoms with Gasteiger partial charge in [-0.2, -0.15) is 0 Å². The van der Waals surface area contributed by atoms with Crippen LogP contribution in [-0.4, -0.2) is 29.3 Å². The molecule has 1 aromatic carbocycles. The Hall–Kier alpha value is -1.85. The molecule has 1 heterocycles. The van der Waals surface area contributed by atoms with Crippen molar-refractivity contribution in [2.45, 2.75) is 32.2 Å². The molecule has 0 aliphatic rings. The predicted molar refractivity (Wildman–Crippen MR) is 80.4 cm³/mol. The molecular weight excluding hydrogens is 270 g/mol. The van der Waals surface area contributed by atoms with Gasteiger partial charge < -0.3 is 19.9 Å². The highest BCUT2D eigenvalue weighted by Crippen LogP contribution is 2.20. The average Bonchev–Trinajstić information content (AvgIpc) is 2.90. The first-order valence-electron chi connectivity index (χ1n) is 7.28. The lowest BCUT2D eigenvalue weighted by molar-refractivity contribution is 0.0665. The smallest absolute Gasteiger partial charge is 0.371 e. The Balaban J connectivity index is 1.81. The molecule has 0 atom stereocenters. The number of benzene rings is 1. The number of aliphatic hydroxyl groups excluding tert-OH is 1. The molecule has 5 heteroatoms. The van der Waals surface area contributed by atoms with Gasteiger partial charge in [-0.05, 0) is 43.1 Å². The van der Waals surface area contributed by atoms with Crippen LogP contribution in [0.3, 0.4) is 0 Å². The first kappa shape index (κ1) is 15.5. The van der Waals surface area contributed by atoms with Gasteiger partial charge in [0.05, 0.1) is 0 Å². The number of hydrogen-bond donors (Lipinski definition) is 3. The topological polar surface area (TPSA) is 82.7 Å². The SMILES string of the molecule is O=C(O)c1cc2cc(CNCCCCCCO)ccc2o1. The van der Waals surface area contributed by atoms with Crippen molar-refractivity contribution in [1.82, 2.24) is 5.32 Å². The summed E-state index contributed by atoms with van der Waals surface area (Å²) in [5, 5.41) is 21.8. The van der Waals surface area contributed by atoms with E-state index in [9.17, 15) is 4.79 Å². The summed E-state index contributed by atoms with van der Waals surface area (Å²) in [5.41, 5.74) is 1.70. The number of hydrogen-bond acceptors (Lipinski definition) is 4. The third-order valence-corrected chi connectivity index (χ3v) is 3.38. The summed E-state index contributed by atoms with van der Waals surface area (Å²) in [6.45, 7) is 1.97. The van der Waals surface area contributed by atoms with Crippen molar-refractivity contribution in [2.75, 3.05) is 13.2 Å². The molecule has 0 saturated heterocycles. The molecule has 0 amide bonds. The maximum atomic E-state index is 10.9. The van der Waals surface area contributed by atoms with E-state index < -0.39 is 5.97 Å². The summed E-state index contributed by atoms with van der Waals surface area (Å²) in [6.07, 6.45) is 4.16. The molecule has 0 radical (unpaired) electrons. The van der Waals surface area contributed by atoms with Crippen LogP contribution in [0.4, 0.5) is 0 Å². The van der Waals surface area contributed by atoms with Crippen LogP contribution >= 0.6 is 0 Å². The van der Waals surface area contributed by atoms with Crippen LogP contribution in [0.25, 0.3) is 11.0 Å². The molecule has 21 heavy (non-hydrogen) atoms. The molecule has 5 nitrogen and oxygen atoms in total. The highest BCUT2D eigenvalue weighted by atomic mass is 16.4. The number of carboxylic acids is 1. The van der Waals surface area contributed by atoms with Crippen molar-refractivity contribution < 1.29 is 19.4 Å². The Kier molecular flexibility index (Phi) is 5.78. The molecule has 2 aromatic rings.